The zero-order chi connectivity index (χ0) is 13.4. The lowest BCUT2D eigenvalue weighted by molar-refractivity contribution is -0.137. The molecule has 1 unspecified atom stereocenters. The number of nitrogens with one attached hydrogen (secondary N) is 1. The van der Waals surface area contributed by atoms with Crippen molar-refractivity contribution in [3.05, 3.63) is 0 Å². The molecule has 1 fully saturated rings. The van der Waals surface area contributed by atoms with Crippen molar-refractivity contribution in [3.8, 4) is 0 Å². The molecule has 1 rings (SSSR count). The molecule has 6 heteroatoms. The van der Waals surface area contributed by atoms with Crippen LogP contribution < -0.4 is 5.32 Å². The predicted octanol–water partition coefficient (Wildman–Crippen LogP) is 1.26. The molecule has 106 valence electrons. The van der Waals surface area contributed by atoms with Gasteiger partial charge in [0.2, 0.25) is 5.91 Å². The van der Waals surface area contributed by atoms with Crippen LogP contribution in [0.3, 0.4) is 0 Å². The summed E-state index contributed by atoms with van der Waals surface area (Å²) in [5, 5.41) is 3.21. The zero-order valence-electron chi connectivity index (χ0n) is 10.8. The molecule has 1 N–H and O–H groups in total. The summed E-state index contributed by atoms with van der Waals surface area (Å²) in [7, 11) is 0. The van der Waals surface area contributed by atoms with Gasteiger partial charge in [-0.25, -0.2) is 8.78 Å². The van der Waals surface area contributed by atoms with E-state index in [1.165, 1.54) is 0 Å². The Hall–Kier alpha value is -0.750. The number of hydrogen-bond donors (Lipinski definition) is 1. The van der Waals surface area contributed by atoms with Crippen molar-refractivity contribution >= 4 is 5.91 Å². The fourth-order valence-electron chi connectivity index (χ4n) is 2.02. The van der Waals surface area contributed by atoms with Gasteiger partial charge in [-0.05, 0) is 25.8 Å². The maximum absolute atomic E-state index is 12.0. The second kappa shape index (κ2) is 8.37. The number of nitrogens with zero attached hydrogens (tertiary/aromatic N) is 1. The molecule has 0 aromatic heterocycles. The molecule has 1 aliphatic heterocycles. The summed E-state index contributed by atoms with van der Waals surface area (Å²) in [6, 6.07) is -0.117. The van der Waals surface area contributed by atoms with Crippen molar-refractivity contribution < 1.29 is 18.3 Å². The lowest BCUT2D eigenvalue weighted by atomic mass is 10.0. The molecule has 0 aromatic rings. The first-order chi connectivity index (χ1) is 8.65. The monoisotopic (exact) mass is 264 g/mol. The topological polar surface area (TPSA) is 41.6 Å². The summed E-state index contributed by atoms with van der Waals surface area (Å²) < 4.78 is 28.5. The van der Waals surface area contributed by atoms with E-state index < -0.39 is 13.0 Å². The number of alkyl halides is 2. The van der Waals surface area contributed by atoms with Gasteiger partial charge in [0.25, 0.3) is 6.43 Å². The lowest BCUT2D eigenvalue weighted by Gasteiger charge is -2.32. The fraction of sp³-hybridized carbons (Fsp3) is 0.917. The number of carbonyl (C=O) groups is 1. The summed E-state index contributed by atoms with van der Waals surface area (Å²) in [4.78, 5) is 13.7. The molecule has 0 radical (unpaired) electrons. The molecule has 0 aliphatic carbocycles. The maximum atomic E-state index is 12.0. The molecule has 0 aromatic carbocycles. The Labute approximate surface area is 107 Å². The van der Waals surface area contributed by atoms with E-state index in [-0.39, 0.29) is 18.6 Å². The SMILES string of the molecule is CCCNC1CCCN(CCOCC(F)F)C1=O. The number of ether oxygens (including phenoxy) is 1. The number of likely N-dealkylation sites (tertiary alicyclic amines) is 1. The molecule has 1 aliphatic rings. The third-order valence-electron chi connectivity index (χ3n) is 2.92. The Morgan fingerprint density at radius 1 is 1.56 bits per heavy atom. The number of carbonyl (C=O) groups excluding carboxylic acids is 1. The van der Waals surface area contributed by atoms with Crippen LogP contribution in [-0.4, -0.2) is 56.1 Å². The first-order valence-electron chi connectivity index (χ1n) is 6.53. The summed E-state index contributed by atoms with van der Waals surface area (Å²) in [6.07, 6.45) is 0.345. The normalized spacial score (nSPS) is 20.8. The Morgan fingerprint density at radius 2 is 2.33 bits per heavy atom. The Morgan fingerprint density at radius 3 is 3.00 bits per heavy atom. The number of hydrogen-bond acceptors (Lipinski definition) is 3. The van der Waals surface area contributed by atoms with Crippen LogP contribution in [0.4, 0.5) is 8.78 Å². The van der Waals surface area contributed by atoms with E-state index in [9.17, 15) is 13.6 Å². The van der Waals surface area contributed by atoms with E-state index in [0.29, 0.717) is 13.1 Å². The van der Waals surface area contributed by atoms with Gasteiger partial charge in [0.1, 0.15) is 6.61 Å². The van der Waals surface area contributed by atoms with E-state index in [0.717, 1.165) is 25.8 Å². The lowest BCUT2D eigenvalue weighted by Crippen LogP contribution is -2.51. The van der Waals surface area contributed by atoms with E-state index in [4.69, 9.17) is 4.74 Å². The highest BCUT2D eigenvalue weighted by Crippen LogP contribution is 2.11. The Bertz CT molecular complexity index is 252. The second-order valence-electron chi connectivity index (χ2n) is 4.44. The van der Waals surface area contributed by atoms with E-state index >= 15 is 0 Å². The fourth-order valence-corrected chi connectivity index (χ4v) is 2.02. The minimum absolute atomic E-state index is 0.0651. The van der Waals surface area contributed by atoms with Gasteiger partial charge in [-0.3, -0.25) is 4.79 Å². The van der Waals surface area contributed by atoms with Crippen LogP contribution in [0.2, 0.25) is 0 Å². The van der Waals surface area contributed by atoms with Crippen LogP contribution >= 0.6 is 0 Å². The van der Waals surface area contributed by atoms with E-state index in [1.54, 1.807) is 4.90 Å². The Balaban J connectivity index is 2.25. The molecule has 4 nitrogen and oxygen atoms in total. The van der Waals surface area contributed by atoms with Crippen molar-refractivity contribution in [2.24, 2.45) is 0 Å². The first kappa shape index (κ1) is 15.3. The van der Waals surface area contributed by atoms with Gasteiger partial charge in [-0.1, -0.05) is 6.92 Å². The van der Waals surface area contributed by atoms with Crippen LogP contribution in [0, 0.1) is 0 Å². The Kier molecular flexibility index (Phi) is 7.12. The molecule has 0 bridgehead atoms. The van der Waals surface area contributed by atoms with Crippen LogP contribution in [0.5, 0.6) is 0 Å². The largest absolute Gasteiger partial charge is 0.374 e. The van der Waals surface area contributed by atoms with Gasteiger partial charge in [-0.2, -0.15) is 0 Å². The van der Waals surface area contributed by atoms with Crippen molar-refractivity contribution in [3.63, 3.8) is 0 Å². The third kappa shape index (κ3) is 5.27. The van der Waals surface area contributed by atoms with Crippen LogP contribution in [-0.2, 0) is 9.53 Å². The number of piperidine rings is 1. The smallest absolute Gasteiger partial charge is 0.261 e. The van der Waals surface area contributed by atoms with Crippen molar-refractivity contribution in [1.29, 1.82) is 0 Å². The molecule has 1 atom stereocenters. The minimum atomic E-state index is -2.44. The van der Waals surface area contributed by atoms with Crippen LogP contribution in [0.25, 0.3) is 0 Å². The highest BCUT2D eigenvalue weighted by molar-refractivity contribution is 5.82. The average molecular weight is 264 g/mol. The second-order valence-corrected chi connectivity index (χ2v) is 4.44. The molecular formula is C12H22F2N2O2. The number of halogens is 2. The minimum Gasteiger partial charge on any atom is -0.374 e. The summed E-state index contributed by atoms with van der Waals surface area (Å²) in [5.74, 6) is 0.0651. The molecule has 0 saturated carbocycles. The van der Waals surface area contributed by atoms with Gasteiger partial charge in [-0.15, -0.1) is 0 Å². The van der Waals surface area contributed by atoms with Gasteiger partial charge in [0.05, 0.1) is 12.6 Å². The predicted molar refractivity (Wildman–Crippen MR) is 64.7 cm³/mol. The third-order valence-corrected chi connectivity index (χ3v) is 2.92. The van der Waals surface area contributed by atoms with Gasteiger partial charge >= 0.3 is 0 Å². The molecule has 0 spiro atoms. The average Bonchev–Trinajstić information content (AvgIpc) is 2.34. The van der Waals surface area contributed by atoms with Crippen LogP contribution in [0.15, 0.2) is 0 Å². The van der Waals surface area contributed by atoms with Gasteiger partial charge in [0, 0.05) is 13.1 Å². The molecule has 1 heterocycles. The van der Waals surface area contributed by atoms with Crippen molar-refractivity contribution in [2.45, 2.75) is 38.7 Å². The summed E-state index contributed by atoms with van der Waals surface area (Å²) >= 11 is 0. The standard InChI is InChI=1S/C12H22F2N2O2/c1-2-5-15-10-4-3-6-16(12(10)17)7-8-18-9-11(13)14/h10-11,15H,2-9H2,1H3. The maximum Gasteiger partial charge on any atom is 0.261 e. The zero-order valence-corrected chi connectivity index (χ0v) is 10.8. The quantitative estimate of drug-likeness (QED) is 0.671. The summed E-state index contributed by atoms with van der Waals surface area (Å²) in [5.41, 5.74) is 0. The van der Waals surface area contributed by atoms with Crippen molar-refractivity contribution in [1.82, 2.24) is 10.2 Å². The molecule has 1 saturated heterocycles. The van der Waals surface area contributed by atoms with Gasteiger partial charge < -0.3 is 15.0 Å². The van der Waals surface area contributed by atoms with E-state index in [1.807, 2.05) is 0 Å². The number of rotatable bonds is 8. The summed E-state index contributed by atoms with van der Waals surface area (Å²) in [6.45, 7) is 3.59. The van der Waals surface area contributed by atoms with E-state index in [2.05, 4.69) is 12.2 Å². The first-order valence-corrected chi connectivity index (χ1v) is 6.53. The molecular weight excluding hydrogens is 242 g/mol. The highest BCUT2D eigenvalue weighted by Gasteiger charge is 2.27. The molecule has 1 amide bonds. The van der Waals surface area contributed by atoms with Gasteiger partial charge in [0.15, 0.2) is 0 Å². The van der Waals surface area contributed by atoms with Crippen molar-refractivity contribution in [2.75, 3.05) is 32.8 Å². The highest BCUT2D eigenvalue weighted by atomic mass is 19.3. The number of amides is 1. The molecule has 18 heavy (non-hydrogen) atoms. The van der Waals surface area contributed by atoms with Crippen LogP contribution in [0.1, 0.15) is 26.2 Å².